The zero-order chi connectivity index (χ0) is 13.5. The number of hydrogen-bond donors (Lipinski definition) is 1. The molecule has 0 atom stereocenters. The normalized spacial score (nSPS) is 11.5. The highest BCUT2D eigenvalue weighted by atomic mass is 15.1. The van der Waals surface area contributed by atoms with Crippen molar-refractivity contribution >= 4 is 0 Å². The largest absolute Gasteiger partial charge is 0.313 e. The van der Waals surface area contributed by atoms with Crippen LogP contribution in [0.25, 0.3) is 0 Å². The highest BCUT2D eigenvalue weighted by Gasteiger charge is 2.02. The van der Waals surface area contributed by atoms with Crippen LogP contribution in [-0.4, -0.2) is 31.1 Å². The lowest BCUT2D eigenvalue weighted by Gasteiger charge is -2.20. The third kappa shape index (κ3) is 5.19. The summed E-state index contributed by atoms with van der Waals surface area (Å²) in [6, 6.07) is 7.32. The molecule has 1 N–H and O–H groups in total. The van der Waals surface area contributed by atoms with Crippen molar-refractivity contribution in [2.75, 3.05) is 20.1 Å². The lowest BCUT2D eigenvalue weighted by atomic mass is 10.1. The molecule has 0 saturated heterocycles. The Morgan fingerprint density at radius 1 is 1.22 bits per heavy atom. The summed E-state index contributed by atoms with van der Waals surface area (Å²) in [5.74, 6) is 0. The van der Waals surface area contributed by atoms with Crippen molar-refractivity contribution in [2.24, 2.45) is 0 Å². The third-order valence-electron chi connectivity index (χ3n) is 3.56. The van der Waals surface area contributed by atoms with Crippen molar-refractivity contribution in [3.8, 4) is 0 Å². The molecule has 0 bridgehead atoms. The summed E-state index contributed by atoms with van der Waals surface area (Å²) >= 11 is 0. The lowest BCUT2D eigenvalue weighted by Crippen LogP contribution is -2.29. The summed E-state index contributed by atoms with van der Waals surface area (Å²) in [6.45, 7) is 12.0. The van der Waals surface area contributed by atoms with Crippen LogP contribution < -0.4 is 5.32 Å². The fourth-order valence-corrected chi connectivity index (χ4v) is 1.98. The SMILES string of the molecule is Cc1ccc(CNCCCN(C)C(C)C)c(C)c1. The number of benzene rings is 1. The van der Waals surface area contributed by atoms with Gasteiger partial charge in [-0.15, -0.1) is 0 Å². The van der Waals surface area contributed by atoms with Gasteiger partial charge in [-0.25, -0.2) is 0 Å². The average molecular weight is 248 g/mol. The summed E-state index contributed by atoms with van der Waals surface area (Å²) < 4.78 is 0. The van der Waals surface area contributed by atoms with E-state index >= 15 is 0 Å². The predicted octanol–water partition coefficient (Wildman–Crippen LogP) is 3.12. The summed E-state index contributed by atoms with van der Waals surface area (Å²) in [6.07, 6.45) is 1.21. The standard InChI is InChI=1S/C16H28N2/c1-13(2)18(5)10-6-9-17-12-16-8-7-14(3)11-15(16)4/h7-8,11,13,17H,6,9-10,12H2,1-5H3. The molecule has 0 aliphatic heterocycles. The highest BCUT2D eigenvalue weighted by molar-refractivity contribution is 5.30. The van der Waals surface area contributed by atoms with Crippen LogP contribution in [0.5, 0.6) is 0 Å². The second-order valence-electron chi connectivity index (χ2n) is 5.53. The molecular formula is C16H28N2. The molecule has 1 rings (SSSR count). The molecule has 0 unspecified atom stereocenters. The fraction of sp³-hybridized carbons (Fsp3) is 0.625. The van der Waals surface area contributed by atoms with Gasteiger partial charge in [0.15, 0.2) is 0 Å². The van der Waals surface area contributed by atoms with Gasteiger partial charge in [0.05, 0.1) is 0 Å². The average Bonchev–Trinajstić information content (AvgIpc) is 2.30. The van der Waals surface area contributed by atoms with Gasteiger partial charge in [0.25, 0.3) is 0 Å². The van der Waals surface area contributed by atoms with Gasteiger partial charge in [-0.05, 0) is 65.4 Å². The van der Waals surface area contributed by atoms with Crippen molar-refractivity contribution < 1.29 is 0 Å². The van der Waals surface area contributed by atoms with Crippen LogP contribution in [0.15, 0.2) is 18.2 Å². The first kappa shape index (κ1) is 15.2. The van der Waals surface area contributed by atoms with Crippen molar-refractivity contribution in [3.63, 3.8) is 0 Å². The van der Waals surface area contributed by atoms with Crippen LogP contribution in [0.4, 0.5) is 0 Å². The van der Waals surface area contributed by atoms with E-state index in [4.69, 9.17) is 0 Å². The van der Waals surface area contributed by atoms with Crippen LogP contribution in [0.3, 0.4) is 0 Å². The zero-order valence-electron chi connectivity index (χ0n) is 12.6. The van der Waals surface area contributed by atoms with Crippen LogP contribution in [0.2, 0.25) is 0 Å². The number of nitrogens with zero attached hydrogens (tertiary/aromatic N) is 1. The van der Waals surface area contributed by atoms with Crippen molar-refractivity contribution in [1.82, 2.24) is 10.2 Å². The van der Waals surface area contributed by atoms with Gasteiger partial charge in [0.2, 0.25) is 0 Å². The lowest BCUT2D eigenvalue weighted by molar-refractivity contribution is 0.269. The summed E-state index contributed by atoms with van der Waals surface area (Å²) in [7, 11) is 2.19. The molecule has 0 radical (unpaired) electrons. The summed E-state index contributed by atoms with van der Waals surface area (Å²) in [5.41, 5.74) is 4.15. The maximum atomic E-state index is 3.53. The molecule has 2 nitrogen and oxygen atoms in total. The molecule has 18 heavy (non-hydrogen) atoms. The molecule has 0 aliphatic carbocycles. The van der Waals surface area contributed by atoms with Crippen LogP contribution in [-0.2, 0) is 6.54 Å². The molecule has 2 heteroatoms. The molecule has 1 aromatic rings. The maximum absolute atomic E-state index is 3.53. The molecule has 0 amide bonds. The topological polar surface area (TPSA) is 15.3 Å². The second kappa shape index (κ2) is 7.55. The first-order chi connectivity index (χ1) is 8.50. The monoisotopic (exact) mass is 248 g/mol. The minimum Gasteiger partial charge on any atom is -0.313 e. The Hall–Kier alpha value is -0.860. The van der Waals surface area contributed by atoms with Gasteiger partial charge in [0, 0.05) is 12.6 Å². The molecule has 0 aromatic heterocycles. The third-order valence-corrected chi connectivity index (χ3v) is 3.56. The molecule has 0 fully saturated rings. The van der Waals surface area contributed by atoms with Crippen LogP contribution in [0, 0.1) is 13.8 Å². The predicted molar refractivity (Wildman–Crippen MR) is 80.0 cm³/mol. The highest BCUT2D eigenvalue weighted by Crippen LogP contribution is 2.09. The van der Waals surface area contributed by atoms with Gasteiger partial charge in [-0.3, -0.25) is 0 Å². The number of nitrogens with one attached hydrogen (secondary N) is 1. The van der Waals surface area contributed by atoms with Gasteiger partial charge in [-0.1, -0.05) is 23.8 Å². The van der Waals surface area contributed by atoms with E-state index in [-0.39, 0.29) is 0 Å². The first-order valence-corrected chi connectivity index (χ1v) is 6.98. The Balaban J connectivity index is 2.22. The van der Waals surface area contributed by atoms with Crippen molar-refractivity contribution in [2.45, 2.75) is 46.7 Å². The van der Waals surface area contributed by atoms with Crippen molar-refractivity contribution in [1.29, 1.82) is 0 Å². The Morgan fingerprint density at radius 3 is 2.56 bits per heavy atom. The maximum Gasteiger partial charge on any atom is 0.0208 e. The van der Waals surface area contributed by atoms with E-state index in [0.29, 0.717) is 6.04 Å². The van der Waals surface area contributed by atoms with Gasteiger partial charge >= 0.3 is 0 Å². The smallest absolute Gasteiger partial charge is 0.0208 e. The van der Waals surface area contributed by atoms with E-state index in [1.807, 2.05) is 0 Å². The van der Waals surface area contributed by atoms with Gasteiger partial charge in [-0.2, -0.15) is 0 Å². The minimum absolute atomic E-state index is 0.643. The molecule has 0 saturated carbocycles. The van der Waals surface area contributed by atoms with E-state index in [1.165, 1.54) is 23.1 Å². The molecule has 0 spiro atoms. The van der Waals surface area contributed by atoms with Crippen LogP contribution in [0.1, 0.15) is 37.0 Å². The van der Waals surface area contributed by atoms with Gasteiger partial charge < -0.3 is 10.2 Å². The van der Waals surface area contributed by atoms with E-state index in [2.05, 4.69) is 63.2 Å². The molecule has 102 valence electrons. The molecule has 0 aliphatic rings. The number of aryl methyl sites for hydroxylation is 2. The fourth-order valence-electron chi connectivity index (χ4n) is 1.98. The zero-order valence-corrected chi connectivity index (χ0v) is 12.6. The Bertz CT molecular complexity index is 358. The van der Waals surface area contributed by atoms with E-state index in [1.54, 1.807) is 0 Å². The summed E-state index contributed by atoms with van der Waals surface area (Å²) in [4.78, 5) is 2.39. The first-order valence-electron chi connectivity index (χ1n) is 6.98. The second-order valence-corrected chi connectivity index (χ2v) is 5.53. The van der Waals surface area contributed by atoms with Gasteiger partial charge in [0.1, 0.15) is 0 Å². The van der Waals surface area contributed by atoms with Crippen LogP contribution >= 0.6 is 0 Å². The molecule has 0 heterocycles. The van der Waals surface area contributed by atoms with E-state index in [9.17, 15) is 0 Å². The minimum atomic E-state index is 0.643. The van der Waals surface area contributed by atoms with Crippen molar-refractivity contribution in [3.05, 3.63) is 34.9 Å². The Morgan fingerprint density at radius 2 is 1.94 bits per heavy atom. The van der Waals surface area contributed by atoms with E-state index in [0.717, 1.165) is 19.6 Å². The Kier molecular flexibility index (Phi) is 6.37. The molecule has 1 aromatic carbocycles. The summed E-state index contributed by atoms with van der Waals surface area (Å²) in [5, 5.41) is 3.53. The number of hydrogen-bond acceptors (Lipinski definition) is 2. The Labute approximate surface area is 112 Å². The number of rotatable bonds is 7. The van der Waals surface area contributed by atoms with E-state index < -0.39 is 0 Å². The molecular weight excluding hydrogens is 220 g/mol. The quantitative estimate of drug-likeness (QED) is 0.746.